The lowest BCUT2D eigenvalue weighted by Crippen LogP contribution is -2.42. The minimum atomic E-state index is -0.132. The smallest absolute Gasteiger partial charge is 0.258 e. The lowest BCUT2D eigenvalue weighted by Gasteiger charge is -2.22. The Morgan fingerprint density at radius 2 is 2.04 bits per heavy atom. The fraction of sp³-hybridized carbons (Fsp3) is 0.588. The van der Waals surface area contributed by atoms with Gasteiger partial charge in [-0.25, -0.2) is 0 Å². The van der Waals surface area contributed by atoms with Gasteiger partial charge in [-0.15, -0.1) is 0 Å². The van der Waals surface area contributed by atoms with E-state index < -0.39 is 0 Å². The first-order valence-electron chi connectivity index (χ1n) is 8.07. The predicted molar refractivity (Wildman–Crippen MR) is 93.0 cm³/mol. The topological polar surface area (TPSA) is 70.6 Å². The molecule has 0 bridgehead atoms. The van der Waals surface area contributed by atoms with Gasteiger partial charge in [-0.05, 0) is 44.0 Å². The van der Waals surface area contributed by atoms with Gasteiger partial charge in [-0.1, -0.05) is 24.9 Å². The standard InChI is InChI=1S/C17H27ClN2O3/c1-3-4-15(11-13(2)19-9-10-21)20-17(22)12-23-16-7-5-14(18)6-8-16/h5-8,13,15,19,21H,3-4,9-12H2,1-2H3,(H,20,22). The van der Waals surface area contributed by atoms with E-state index in [2.05, 4.69) is 24.5 Å². The number of hydrogen-bond donors (Lipinski definition) is 3. The van der Waals surface area contributed by atoms with Crippen LogP contribution in [0.3, 0.4) is 0 Å². The summed E-state index contributed by atoms with van der Waals surface area (Å²) >= 11 is 5.81. The monoisotopic (exact) mass is 342 g/mol. The number of hydrogen-bond acceptors (Lipinski definition) is 4. The van der Waals surface area contributed by atoms with Gasteiger partial charge in [-0.2, -0.15) is 0 Å². The minimum Gasteiger partial charge on any atom is -0.484 e. The molecule has 3 N–H and O–H groups in total. The highest BCUT2D eigenvalue weighted by molar-refractivity contribution is 6.30. The molecule has 5 nitrogen and oxygen atoms in total. The predicted octanol–water partition coefficient (Wildman–Crippen LogP) is 2.36. The van der Waals surface area contributed by atoms with Gasteiger partial charge in [0.05, 0.1) is 6.61 Å². The zero-order valence-corrected chi connectivity index (χ0v) is 14.6. The van der Waals surface area contributed by atoms with Crippen molar-refractivity contribution >= 4 is 17.5 Å². The van der Waals surface area contributed by atoms with Crippen molar-refractivity contribution in [2.45, 2.75) is 45.2 Å². The number of aliphatic hydroxyl groups is 1. The number of ether oxygens (including phenoxy) is 1. The molecule has 130 valence electrons. The number of rotatable bonds is 11. The Hall–Kier alpha value is -1.30. The summed E-state index contributed by atoms with van der Waals surface area (Å²) in [5.41, 5.74) is 0. The van der Waals surface area contributed by atoms with E-state index in [-0.39, 0.29) is 31.2 Å². The second-order valence-electron chi connectivity index (χ2n) is 5.61. The summed E-state index contributed by atoms with van der Waals surface area (Å²) in [5, 5.41) is 15.7. The van der Waals surface area contributed by atoms with Crippen LogP contribution in [0, 0.1) is 0 Å². The van der Waals surface area contributed by atoms with Crippen LogP contribution in [-0.2, 0) is 4.79 Å². The van der Waals surface area contributed by atoms with Crippen LogP contribution in [0.1, 0.15) is 33.1 Å². The molecule has 6 heteroatoms. The van der Waals surface area contributed by atoms with Crippen LogP contribution in [0.5, 0.6) is 5.75 Å². The molecule has 1 aromatic carbocycles. The van der Waals surface area contributed by atoms with Crippen molar-refractivity contribution in [3.8, 4) is 5.75 Å². The van der Waals surface area contributed by atoms with E-state index in [4.69, 9.17) is 21.4 Å². The second-order valence-corrected chi connectivity index (χ2v) is 6.05. The van der Waals surface area contributed by atoms with Gasteiger partial charge >= 0.3 is 0 Å². The maximum Gasteiger partial charge on any atom is 0.258 e. The molecule has 1 aromatic rings. The number of benzene rings is 1. The maximum absolute atomic E-state index is 12.0. The molecule has 0 aliphatic carbocycles. The molecule has 0 aromatic heterocycles. The first-order valence-corrected chi connectivity index (χ1v) is 8.45. The molecule has 1 amide bonds. The van der Waals surface area contributed by atoms with E-state index in [1.54, 1.807) is 24.3 Å². The van der Waals surface area contributed by atoms with Crippen LogP contribution in [-0.4, -0.2) is 42.9 Å². The Morgan fingerprint density at radius 1 is 1.35 bits per heavy atom. The van der Waals surface area contributed by atoms with Crippen LogP contribution in [0.25, 0.3) is 0 Å². The molecule has 0 spiro atoms. The molecule has 1 rings (SSSR count). The number of carbonyl (C=O) groups is 1. The quantitative estimate of drug-likeness (QED) is 0.577. The molecule has 0 radical (unpaired) electrons. The van der Waals surface area contributed by atoms with Crippen molar-refractivity contribution in [3.05, 3.63) is 29.3 Å². The van der Waals surface area contributed by atoms with Gasteiger partial charge < -0.3 is 20.5 Å². The number of aliphatic hydroxyl groups excluding tert-OH is 1. The Balaban J connectivity index is 2.39. The van der Waals surface area contributed by atoms with Gasteiger partial charge in [0.25, 0.3) is 5.91 Å². The number of carbonyl (C=O) groups excluding carboxylic acids is 1. The minimum absolute atomic E-state index is 0.0136. The summed E-state index contributed by atoms with van der Waals surface area (Å²) < 4.78 is 5.45. The highest BCUT2D eigenvalue weighted by Crippen LogP contribution is 2.15. The van der Waals surface area contributed by atoms with Crippen molar-refractivity contribution < 1.29 is 14.6 Å². The van der Waals surface area contributed by atoms with Crippen LogP contribution < -0.4 is 15.4 Å². The second kappa shape index (κ2) is 11.3. The van der Waals surface area contributed by atoms with E-state index in [9.17, 15) is 4.79 Å². The van der Waals surface area contributed by atoms with E-state index in [0.717, 1.165) is 19.3 Å². The average Bonchev–Trinajstić information content (AvgIpc) is 2.52. The van der Waals surface area contributed by atoms with Crippen LogP contribution >= 0.6 is 11.6 Å². The number of amides is 1. The first kappa shape index (κ1) is 19.7. The van der Waals surface area contributed by atoms with E-state index in [0.29, 0.717) is 17.3 Å². The highest BCUT2D eigenvalue weighted by Gasteiger charge is 2.15. The number of nitrogens with one attached hydrogen (secondary N) is 2. The largest absolute Gasteiger partial charge is 0.484 e. The van der Waals surface area contributed by atoms with E-state index in [1.165, 1.54) is 0 Å². The fourth-order valence-corrected chi connectivity index (χ4v) is 2.49. The van der Waals surface area contributed by atoms with Crippen LogP contribution in [0.15, 0.2) is 24.3 Å². The Bertz CT molecular complexity index is 454. The van der Waals surface area contributed by atoms with E-state index >= 15 is 0 Å². The van der Waals surface area contributed by atoms with Crippen LogP contribution in [0.2, 0.25) is 5.02 Å². The Morgan fingerprint density at radius 3 is 2.65 bits per heavy atom. The molecule has 0 saturated carbocycles. The lowest BCUT2D eigenvalue weighted by atomic mass is 10.0. The Labute approximate surface area is 143 Å². The summed E-state index contributed by atoms with van der Waals surface area (Å²) in [7, 11) is 0. The molecule has 0 aliphatic heterocycles. The molecule has 0 fully saturated rings. The van der Waals surface area contributed by atoms with Crippen molar-refractivity contribution in [3.63, 3.8) is 0 Å². The third-order valence-electron chi connectivity index (χ3n) is 3.43. The molecule has 2 atom stereocenters. The molecule has 23 heavy (non-hydrogen) atoms. The normalized spacial score (nSPS) is 13.4. The molecule has 2 unspecified atom stereocenters. The van der Waals surface area contributed by atoms with Gasteiger partial charge in [0, 0.05) is 23.7 Å². The lowest BCUT2D eigenvalue weighted by molar-refractivity contribution is -0.123. The molecule has 0 aliphatic rings. The first-order chi connectivity index (χ1) is 11.0. The summed E-state index contributed by atoms with van der Waals surface area (Å²) in [6, 6.07) is 7.26. The van der Waals surface area contributed by atoms with E-state index in [1.807, 2.05) is 0 Å². The molecule has 0 heterocycles. The van der Waals surface area contributed by atoms with Gasteiger partial charge in [0.1, 0.15) is 5.75 Å². The molecular weight excluding hydrogens is 316 g/mol. The van der Waals surface area contributed by atoms with Crippen molar-refractivity contribution in [2.75, 3.05) is 19.8 Å². The van der Waals surface area contributed by atoms with Crippen molar-refractivity contribution in [2.24, 2.45) is 0 Å². The van der Waals surface area contributed by atoms with Crippen molar-refractivity contribution in [1.82, 2.24) is 10.6 Å². The summed E-state index contributed by atoms with van der Waals surface area (Å²) in [6.07, 6.45) is 2.73. The van der Waals surface area contributed by atoms with Crippen LogP contribution in [0.4, 0.5) is 0 Å². The fourth-order valence-electron chi connectivity index (χ4n) is 2.37. The maximum atomic E-state index is 12.0. The van der Waals surface area contributed by atoms with Crippen molar-refractivity contribution in [1.29, 1.82) is 0 Å². The number of halogens is 1. The van der Waals surface area contributed by atoms with Gasteiger partial charge in [-0.3, -0.25) is 4.79 Å². The zero-order valence-electron chi connectivity index (χ0n) is 13.8. The average molecular weight is 343 g/mol. The molecular formula is C17H27ClN2O3. The Kier molecular flexibility index (Phi) is 9.67. The highest BCUT2D eigenvalue weighted by atomic mass is 35.5. The molecule has 0 saturated heterocycles. The SMILES string of the molecule is CCCC(CC(C)NCCO)NC(=O)COc1ccc(Cl)cc1. The van der Waals surface area contributed by atoms with Gasteiger partial charge in [0.15, 0.2) is 6.61 Å². The third kappa shape index (κ3) is 8.79. The third-order valence-corrected chi connectivity index (χ3v) is 3.68. The summed E-state index contributed by atoms with van der Waals surface area (Å²) in [5.74, 6) is 0.488. The summed E-state index contributed by atoms with van der Waals surface area (Å²) in [6.45, 7) is 4.81. The summed E-state index contributed by atoms with van der Waals surface area (Å²) in [4.78, 5) is 12.0. The zero-order chi connectivity index (χ0) is 17.1. The van der Waals surface area contributed by atoms with Gasteiger partial charge in [0.2, 0.25) is 0 Å².